The summed E-state index contributed by atoms with van der Waals surface area (Å²) in [6.45, 7) is 7.73. The van der Waals surface area contributed by atoms with Gasteiger partial charge in [0.05, 0.1) is 0 Å². The van der Waals surface area contributed by atoms with Crippen molar-refractivity contribution in [3.63, 3.8) is 0 Å². The van der Waals surface area contributed by atoms with Crippen LogP contribution in [-0.4, -0.2) is 0 Å². The number of benzene rings is 1. The monoisotopic (exact) mass is 198 g/mol. The van der Waals surface area contributed by atoms with Gasteiger partial charge in [0.25, 0.3) is 0 Å². The van der Waals surface area contributed by atoms with Gasteiger partial charge in [-0.3, -0.25) is 0 Å². The molecule has 0 heterocycles. The van der Waals surface area contributed by atoms with Crippen molar-refractivity contribution in [3.8, 4) is 0 Å². The van der Waals surface area contributed by atoms with Crippen molar-refractivity contribution in [2.24, 2.45) is 0 Å². The van der Waals surface area contributed by atoms with Crippen LogP contribution >= 0.6 is 0 Å². The second-order valence-electron chi connectivity index (χ2n) is 4.22. The molecular weight excluding hydrogens is 180 g/mol. The lowest BCUT2D eigenvalue weighted by atomic mass is 9.95. The van der Waals surface area contributed by atoms with Crippen molar-refractivity contribution in [1.82, 2.24) is 0 Å². The Morgan fingerprint density at radius 3 is 1.67 bits per heavy atom. The van der Waals surface area contributed by atoms with E-state index in [4.69, 9.17) is 0 Å². The molecule has 0 fully saturated rings. The number of rotatable bonds is 2. The lowest BCUT2D eigenvalue weighted by Crippen LogP contribution is -1.94. The molecule has 0 atom stereocenters. The van der Waals surface area contributed by atoms with E-state index in [1.54, 1.807) is 0 Å². The maximum absolute atomic E-state index is 3.86. The molecule has 1 aliphatic carbocycles. The Morgan fingerprint density at radius 2 is 1.27 bits per heavy atom. The lowest BCUT2D eigenvalue weighted by Gasteiger charge is -2.10. The summed E-state index contributed by atoms with van der Waals surface area (Å²) in [4.78, 5) is 0. The third kappa shape index (κ3) is 2.04. The summed E-state index contributed by atoms with van der Waals surface area (Å²) in [5, 5.41) is 0. The van der Waals surface area contributed by atoms with Gasteiger partial charge in [0.15, 0.2) is 0 Å². The minimum Gasteiger partial charge on any atom is -0.0984 e. The first-order valence-corrected chi connectivity index (χ1v) is 5.76. The second kappa shape index (κ2) is 4.48. The molecule has 0 aromatic heterocycles. The molecule has 1 aromatic carbocycles. The predicted molar refractivity (Wildman–Crippen MR) is 67.9 cm³/mol. The van der Waals surface area contributed by atoms with Crippen LogP contribution in [0.1, 0.15) is 41.5 Å². The quantitative estimate of drug-likeness (QED) is 0.623. The molecule has 0 amide bonds. The van der Waals surface area contributed by atoms with Crippen molar-refractivity contribution in [3.05, 3.63) is 47.5 Å². The lowest BCUT2D eigenvalue weighted by molar-refractivity contribution is 0.711. The molecule has 78 valence electrons. The zero-order valence-electron chi connectivity index (χ0n) is 9.26. The van der Waals surface area contributed by atoms with E-state index in [1.165, 1.54) is 54.4 Å². The van der Waals surface area contributed by atoms with Gasteiger partial charge in [-0.05, 0) is 47.9 Å². The number of aryl methyl sites for hydroxylation is 2. The molecule has 2 rings (SSSR count). The fourth-order valence-corrected chi connectivity index (χ4v) is 2.35. The van der Waals surface area contributed by atoms with E-state index in [9.17, 15) is 0 Å². The fraction of sp³-hybridized carbons (Fsp3) is 0.333. The summed E-state index contributed by atoms with van der Waals surface area (Å²) < 4.78 is 0. The fourth-order valence-electron chi connectivity index (χ4n) is 2.35. The second-order valence-corrected chi connectivity index (χ2v) is 4.22. The molecule has 0 spiro atoms. The zero-order valence-corrected chi connectivity index (χ0v) is 9.26. The van der Waals surface area contributed by atoms with Gasteiger partial charge in [0.2, 0.25) is 0 Å². The van der Waals surface area contributed by atoms with Crippen molar-refractivity contribution >= 4 is 12.2 Å². The standard InChI is InChI=1S/C15H18/c1-3-12-10-14-8-6-5-7-9-15(14)11-13(12)4-2/h3-4,10-11H,1-2,5-9H2. The van der Waals surface area contributed by atoms with Crippen LogP contribution < -0.4 is 0 Å². The minimum atomic E-state index is 1.23. The molecule has 0 radical (unpaired) electrons. The van der Waals surface area contributed by atoms with Crippen LogP contribution in [0.2, 0.25) is 0 Å². The number of hydrogen-bond donors (Lipinski definition) is 0. The van der Waals surface area contributed by atoms with E-state index in [1.807, 2.05) is 12.2 Å². The van der Waals surface area contributed by atoms with Crippen LogP contribution in [0.3, 0.4) is 0 Å². The first-order chi connectivity index (χ1) is 7.35. The molecule has 0 saturated heterocycles. The summed E-state index contributed by atoms with van der Waals surface area (Å²) in [6.07, 6.45) is 10.3. The summed E-state index contributed by atoms with van der Waals surface area (Å²) in [5.41, 5.74) is 5.50. The Balaban J connectivity index is 2.50. The molecule has 0 aliphatic heterocycles. The largest absolute Gasteiger partial charge is 0.0984 e. The maximum Gasteiger partial charge on any atom is -0.0187 e. The Morgan fingerprint density at radius 1 is 0.800 bits per heavy atom. The highest BCUT2D eigenvalue weighted by atomic mass is 14.1. The Labute approximate surface area is 92.3 Å². The highest BCUT2D eigenvalue weighted by molar-refractivity contribution is 5.65. The van der Waals surface area contributed by atoms with E-state index >= 15 is 0 Å². The molecule has 0 unspecified atom stereocenters. The molecule has 0 bridgehead atoms. The van der Waals surface area contributed by atoms with Crippen molar-refractivity contribution in [2.45, 2.75) is 32.1 Å². The SMILES string of the molecule is C=Cc1cc2c(cc1C=C)CCCCC2. The van der Waals surface area contributed by atoms with E-state index in [0.717, 1.165) is 0 Å². The van der Waals surface area contributed by atoms with Crippen LogP contribution in [0.4, 0.5) is 0 Å². The first kappa shape index (κ1) is 10.2. The van der Waals surface area contributed by atoms with Gasteiger partial charge in [-0.2, -0.15) is 0 Å². The summed E-state index contributed by atoms with van der Waals surface area (Å²) in [6, 6.07) is 4.59. The minimum absolute atomic E-state index is 1.23. The van der Waals surface area contributed by atoms with Gasteiger partial charge in [-0.15, -0.1) is 0 Å². The smallest absolute Gasteiger partial charge is 0.0187 e. The van der Waals surface area contributed by atoms with Gasteiger partial charge in [-0.1, -0.05) is 43.9 Å². The zero-order chi connectivity index (χ0) is 10.7. The topological polar surface area (TPSA) is 0 Å². The normalized spacial score (nSPS) is 15.2. The third-order valence-electron chi connectivity index (χ3n) is 3.24. The van der Waals surface area contributed by atoms with E-state index in [0.29, 0.717) is 0 Å². The Kier molecular flexibility index (Phi) is 3.05. The Bertz CT molecular complexity index is 348. The summed E-state index contributed by atoms with van der Waals surface area (Å²) in [7, 11) is 0. The van der Waals surface area contributed by atoms with Crippen molar-refractivity contribution in [1.29, 1.82) is 0 Å². The van der Waals surface area contributed by atoms with Crippen LogP contribution in [0.5, 0.6) is 0 Å². The van der Waals surface area contributed by atoms with Crippen LogP contribution in [-0.2, 0) is 12.8 Å². The molecule has 0 nitrogen and oxygen atoms in total. The van der Waals surface area contributed by atoms with Gasteiger partial charge in [0, 0.05) is 0 Å². The van der Waals surface area contributed by atoms with E-state index in [-0.39, 0.29) is 0 Å². The van der Waals surface area contributed by atoms with Crippen LogP contribution in [0.15, 0.2) is 25.3 Å². The molecule has 0 saturated carbocycles. The van der Waals surface area contributed by atoms with E-state index < -0.39 is 0 Å². The molecule has 1 aliphatic rings. The van der Waals surface area contributed by atoms with E-state index in [2.05, 4.69) is 25.3 Å². The third-order valence-corrected chi connectivity index (χ3v) is 3.24. The summed E-state index contributed by atoms with van der Waals surface area (Å²) >= 11 is 0. The first-order valence-electron chi connectivity index (χ1n) is 5.76. The highest BCUT2D eigenvalue weighted by Crippen LogP contribution is 2.25. The van der Waals surface area contributed by atoms with Crippen molar-refractivity contribution < 1.29 is 0 Å². The maximum atomic E-state index is 3.86. The molecule has 15 heavy (non-hydrogen) atoms. The average molecular weight is 198 g/mol. The predicted octanol–water partition coefficient (Wildman–Crippen LogP) is 4.24. The van der Waals surface area contributed by atoms with Gasteiger partial charge in [0.1, 0.15) is 0 Å². The molecule has 0 N–H and O–H groups in total. The highest BCUT2D eigenvalue weighted by Gasteiger charge is 2.09. The van der Waals surface area contributed by atoms with Crippen molar-refractivity contribution in [2.75, 3.05) is 0 Å². The van der Waals surface area contributed by atoms with Gasteiger partial charge < -0.3 is 0 Å². The molecule has 1 aromatic rings. The van der Waals surface area contributed by atoms with Crippen LogP contribution in [0, 0.1) is 0 Å². The molecular formula is C15H18. The Hall–Kier alpha value is -1.30. The van der Waals surface area contributed by atoms with Gasteiger partial charge in [-0.25, -0.2) is 0 Å². The number of hydrogen-bond acceptors (Lipinski definition) is 0. The molecule has 0 heteroatoms. The summed E-state index contributed by atoms with van der Waals surface area (Å²) in [5.74, 6) is 0. The number of fused-ring (bicyclic) bond motifs is 1. The van der Waals surface area contributed by atoms with Gasteiger partial charge >= 0.3 is 0 Å². The average Bonchev–Trinajstić information content (AvgIpc) is 2.51. The van der Waals surface area contributed by atoms with Crippen LogP contribution in [0.25, 0.3) is 12.2 Å².